The molecule has 2 aromatic carbocycles. The molecule has 23 heavy (non-hydrogen) atoms. The fourth-order valence-corrected chi connectivity index (χ4v) is 2.38. The molecule has 4 nitrogen and oxygen atoms in total. The van der Waals surface area contributed by atoms with Crippen LogP contribution in [0.5, 0.6) is 5.75 Å². The van der Waals surface area contributed by atoms with Gasteiger partial charge in [0.1, 0.15) is 5.75 Å². The maximum atomic E-state index is 11.0. The first kappa shape index (κ1) is 17.0. The molecular formula is C19H22O4. The minimum atomic E-state index is -1.31. The van der Waals surface area contributed by atoms with Gasteiger partial charge in [-0.3, -0.25) is 0 Å². The van der Waals surface area contributed by atoms with E-state index < -0.39 is 6.16 Å². The third-order valence-corrected chi connectivity index (χ3v) is 3.72. The highest BCUT2D eigenvalue weighted by Gasteiger charge is 2.14. The summed E-state index contributed by atoms with van der Waals surface area (Å²) in [6.07, 6.45) is 0.572. The SMILES string of the molecule is CCC(C)OCCc1cccc(OC(=O)O)c1-c1ccccc1. The van der Waals surface area contributed by atoms with Crippen molar-refractivity contribution in [3.63, 3.8) is 0 Å². The van der Waals surface area contributed by atoms with E-state index in [9.17, 15) is 4.79 Å². The average Bonchev–Trinajstić information content (AvgIpc) is 2.55. The smallest absolute Gasteiger partial charge is 0.449 e. The molecule has 0 aliphatic rings. The highest BCUT2D eigenvalue weighted by molar-refractivity contribution is 5.77. The lowest BCUT2D eigenvalue weighted by Crippen LogP contribution is -2.10. The van der Waals surface area contributed by atoms with Crippen LogP contribution in [0.2, 0.25) is 0 Å². The van der Waals surface area contributed by atoms with Crippen molar-refractivity contribution in [1.82, 2.24) is 0 Å². The first-order valence-corrected chi connectivity index (χ1v) is 7.81. The Labute approximate surface area is 136 Å². The lowest BCUT2D eigenvalue weighted by molar-refractivity contribution is 0.0660. The summed E-state index contributed by atoms with van der Waals surface area (Å²) in [5.41, 5.74) is 2.75. The standard InChI is InChI=1S/C19H22O4/c1-3-14(2)22-13-12-16-10-7-11-17(23-19(20)21)18(16)15-8-5-4-6-9-15/h4-11,14H,3,12-13H2,1-2H3,(H,20,21). The van der Waals surface area contributed by atoms with Crippen molar-refractivity contribution in [3.8, 4) is 16.9 Å². The minimum absolute atomic E-state index is 0.216. The van der Waals surface area contributed by atoms with E-state index in [-0.39, 0.29) is 6.10 Å². The van der Waals surface area contributed by atoms with Gasteiger partial charge in [0.25, 0.3) is 0 Å². The fraction of sp³-hybridized carbons (Fsp3) is 0.316. The predicted octanol–water partition coefficient (Wildman–Crippen LogP) is 4.77. The van der Waals surface area contributed by atoms with Crippen LogP contribution >= 0.6 is 0 Å². The lowest BCUT2D eigenvalue weighted by atomic mass is 9.97. The monoisotopic (exact) mass is 314 g/mol. The second-order valence-corrected chi connectivity index (χ2v) is 5.36. The molecular weight excluding hydrogens is 292 g/mol. The summed E-state index contributed by atoms with van der Waals surface area (Å²) in [6, 6.07) is 15.1. The van der Waals surface area contributed by atoms with Crippen LogP contribution in [0.4, 0.5) is 4.79 Å². The van der Waals surface area contributed by atoms with Crippen LogP contribution in [-0.4, -0.2) is 24.0 Å². The van der Waals surface area contributed by atoms with E-state index >= 15 is 0 Å². The van der Waals surface area contributed by atoms with E-state index in [1.807, 2.05) is 49.4 Å². The van der Waals surface area contributed by atoms with Gasteiger partial charge in [-0.25, -0.2) is 4.79 Å². The van der Waals surface area contributed by atoms with E-state index in [1.165, 1.54) is 0 Å². The summed E-state index contributed by atoms with van der Waals surface area (Å²) in [5.74, 6) is 0.352. The van der Waals surface area contributed by atoms with Gasteiger partial charge in [0.15, 0.2) is 0 Å². The molecule has 122 valence electrons. The third-order valence-electron chi connectivity index (χ3n) is 3.72. The van der Waals surface area contributed by atoms with Crippen molar-refractivity contribution >= 4 is 6.16 Å². The zero-order chi connectivity index (χ0) is 16.7. The maximum absolute atomic E-state index is 11.0. The number of benzene rings is 2. The summed E-state index contributed by atoms with van der Waals surface area (Å²) in [6.45, 7) is 4.72. The second kappa shape index (κ2) is 8.34. The van der Waals surface area contributed by atoms with E-state index in [1.54, 1.807) is 6.07 Å². The largest absolute Gasteiger partial charge is 0.511 e. The molecule has 2 rings (SSSR count). The average molecular weight is 314 g/mol. The van der Waals surface area contributed by atoms with Crippen LogP contribution in [0.3, 0.4) is 0 Å². The number of hydrogen-bond acceptors (Lipinski definition) is 3. The second-order valence-electron chi connectivity index (χ2n) is 5.36. The Bertz CT molecular complexity index is 637. The molecule has 0 saturated heterocycles. The van der Waals surface area contributed by atoms with E-state index in [0.717, 1.165) is 23.1 Å². The number of rotatable bonds is 7. The molecule has 1 N–H and O–H groups in total. The Morgan fingerprint density at radius 1 is 1.13 bits per heavy atom. The summed E-state index contributed by atoms with van der Waals surface area (Å²) in [4.78, 5) is 11.0. The molecule has 0 aromatic heterocycles. The molecule has 0 aliphatic heterocycles. The van der Waals surface area contributed by atoms with E-state index in [0.29, 0.717) is 18.8 Å². The number of carboxylic acid groups (broad SMARTS) is 1. The van der Waals surface area contributed by atoms with Crippen molar-refractivity contribution in [2.75, 3.05) is 6.61 Å². The van der Waals surface area contributed by atoms with Crippen LogP contribution < -0.4 is 4.74 Å². The van der Waals surface area contributed by atoms with Crippen molar-refractivity contribution in [1.29, 1.82) is 0 Å². The topological polar surface area (TPSA) is 55.8 Å². The van der Waals surface area contributed by atoms with Gasteiger partial charge >= 0.3 is 6.16 Å². The quantitative estimate of drug-likeness (QED) is 0.591. The summed E-state index contributed by atoms with van der Waals surface area (Å²) in [5, 5.41) is 8.96. The van der Waals surface area contributed by atoms with E-state index in [4.69, 9.17) is 14.6 Å². The molecule has 2 aromatic rings. The lowest BCUT2D eigenvalue weighted by Gasteiger charge is -2.15. The molecule has 0 aliphatic carbocycles. The molecule has 0 heterocycles. The van der Waals surface area contributed by atoms with Crippen molar-refractivity contribution in [3.05, 3.63) is 54.1 Å². The molecule has 0 saturated carbocycles. The third kappa shape index (κ3) is 4.83. The van der Waals surface area contributed by atoms with Gasteiger partial charge < -0.3 is 14.6 Å². The number of carbonyl (C=O) groups is 1. The molecule has 0 bridgehead atoms. The molecule has 1 atom stereocenters. The normalized spacial score (nSPS) is 11.9. The Morgan fingerprint density at radius 2 is 1.87 bits per heavy atom. The Morgan fingerprint density at radius 3 is 2.52 bits per heavy atom. The van der Waals surface area contributed by atoms with Gasteiger partial charge in [0.05, 0.1) is 12.7 Å². The highest BCUT2D eigenvalue weighted by Crippen LogP contribution is 2.34. The van der Waals surface area contributed by atoms with Crippen LogP contribution in [0.15, 0.2) is 48.5 Å². The molecule has 0 amide bonds. The predicted molar refractivity (Wildman–Crippen MR) is 89.9 cm³/mol. The van der Waals surface area contributed by atoms with E-state index in [2.05, 4.69) is 6.92 Å². The molecule has 1 unspecified atom stereocenters. The maximum Gasteiger partial charge on any atom is 0.511 e. The molecule has 0 fully saturated rings. The Hall–Kier alpha value is -2.33. The van der Waals surface area contributed by atoms with Gasteiger partial charge in [-0.2, -0.15) is 0 Å². The van der Waals surface area contributed by atoms with Crippen LogP contribution in [-0.2, 0) is 11.2 Å². The number of hydrogen-bond donors (Lipinski definition) is 1. The first-order valence-electron chi connectivity index (χ1n) is 7.81. The summed E-state index contributed by atoms with van der Waals surface area (Å²) >= 11 is 0. The van der Waals surface area contributed by atoms with Gasteiger partial charge in [-0.1, -0.05) is 49.4 Å². The zero-order valence-electron chi connectivity index (χ0n) is 13.5. The van der Waals surface area contributed by atoms with Gasteiger partial charge in [-0.05, 0) is 37.0 Å². The van der Waals surface area contributed by atoms with Crippen molar-refractivity contribution < 1.29 is 19.4 Å². The Balaban J connectivity index is 2.31. The Kier molecular flexibility index (Phi) is 6.18. The van der Waals surface area contributed by atoms with Crippen molar-refractivity contribution in [2.45, 2.75) is 32.8 Å². The van der Waals surface area contributed by atoms with Gasteiger partial charge in [0.2, 0.25) is 0 Å². The summed E-state index contributed by atoms with van der Waals surface area (Å²) in [7, 11) is 0. The highest BCUT2D eigenvalue weighted by atomic mass is 16.7. The van der Waals surface area contributed by atoms with Gasteiger partial charge in [-0.15, -0.1) is 0 Å². The minimum Gasteiger partial charge on any atom is -0.449 e. The molecule has 0 radical (unpaired) electrons. The van der Waals surface area contributed by atoms with Crippen LogP contribution in [0, 0.1) is 0 Å². The molecule has 0 spiro atoms. The van der Waals surface area contributed by atoms with Crippen LogP contribution in [0.1, 0.15) is 25.8 Å². The fourth-order valence-electron chi connectivity index (χ4n) is 2.38. The van der Waals surface area contributed by atoms with Crippen molar-refractivity contribution in [2.24, 2.45) is 0 Å². The summed E-state index contributed by atoms with van der Waals surface area (Å²) < 4.78 is 10.7. The first-order chi connectivity index (χ1) is 11.1. The number of ether oxygens (including phenoxy) is 2. The molecule has 4 heteroatoms. The zero-order valence-corrected chi connectivity index (χ0v) is 13.5. The van der Waals surface area contributed by atoms with Gasteiger partial charge in [0, 0.05) is 5.56 Å². The van der Waals surface area contributed by atoms with Crippen LogP contribution in [0.25, 0.3) is 11.1 Å².